The number of aliphatic hydroxyl groups excluding tert-OH is 1. The van der Waals surface area contributed by atoms with Crippen molar-refractivity contribution >= 4 is 23.2 Å². The zero-order valence-electron chi connectivity index (χ0n) is 12.7. The van der Waals surface area contributed by atoms with Crippen LogP contribution < -0.4 is 10.6 Å². The van der Waals surface area contributed by atoms with E-state index in [0.29, 0.717) is 5.76 Å². The molecule has 0 saturated carbocycles. The molecular formula is C15H15N3O6. The van der Waals surface area contributed by atoms with Crippen LogP contribution in [0.3, 0.4) is 0 Å². The molecule has 0 radical (unpaired) electrons. The molecule has 0 spiro atoms. The highest BCUT2D eigenvalue weighted by Crippen LogP contribution is 2.16. The van der Waals surface area contributed by atoms with Gasteiger partial charge >= 0.3 is 11.8 Å². The maximum Gasteiger partial charge on any atom is 0.313 e. The number of hydrogen-bond acceptors (Lipinski definition) is 6. The fourth-order valence-corrected chi connectivity index (χ4v) is 1.86. The second kappa shape index (κ2) is 7.38. The van der Waals surface area contributed by atoms with Gasteiger partial charge in [-0.2, -0.15) is 0 Å². The third-order valence-corrected chi connectivity index (χ3v) is 3.09. The number of carbonyl (C=O) groups excluding carboxylic acids is 2. The first-order chi connectivity index (χ1) is 11.4. The lowest BCUT2D eigenvalue weighted by atomic mass is 10.2. The van der Waals surface area contributed by atoms with E-state index < -0.39 is 22.8 Å². The van der Waals surface area contributed by atoms with Gasteiger partial charge in [-0.1, -0.05) is 0 Å². The van der Waals surface area contributed by atoms with Crippen LogP contribution in [-0.4, -0.2) is 28.4 Å². The molecule has 1 aromatic carbocycles. The van der Waals surface area contributed by atoms with Gasteiger partial charge in [-0.15, -0.1) is 0 Å². The van der Waals surface area contributed by atoms with E-state index in [2.05, 4.69) is 10.6 Å². The van der Waals surface area contributed by atoms with Crippen LogP contribution in [0.1, 0.15) is 17.6 Å². The molecule has 0 saturated heterocycles. The molecule has 1 heterocycles. The molecule has 1 unspecified atom stereocenters. The molecule has 2 amide bonds. The Morgan fingerprint density at radius 2 is 1.88 bits per heavy atom. The topological polar surface area (TPSA) is 135 Å². The number of aliphatic hydroxyl groups is 1. The Balaban J connectivity index is 1.85. The van der Waals surface area contributed by atoms with Gasteiger partial charge in [0.2, 0.25) is 0 Å². The average molecular weight is 333 g/mol. The summed E-state index contributed by atoms with van der Waals surface area (Å²) in [4.78, 5) is 33.4. The van der Waals surface area contributed by atoms with Crippen LogP contribution in [-0.2, 0) is 9.59 Å². The summed E-state index contributed by atoms with van der Waals surface area (Å²) < 4.78 is 5.21. The number of nitro groups is 1. The quantitative estimate of drug-likeness (QED) is 0.428. The van der Waals surface area contributed by atoms with Gasteiger partial charge in [-0.3, -0.25) is 19.7 Å². The van der Waals surface area contributed by atoms with E-state index in [1.54, 1.807) is 19.1 Å². The molecule has 2 aromatic rings. The molecule has 24 heavy (non-hydrogen) atoms. The normalized spacial score (nSPS) is 11.6. The minimum atomic E-state index is -1.07. The Morgan fingerprint density at radius 3 is 2.42 bits per heavy atom. The molecule has 1 atom stereocenters. The van der Waals surface area contributed by atoms with E-state index in [1.807, 2.05) is 0 Å². The largest absolute Gasteiger partial charge is 0.464 e. The van der Waals surface area contributed by atoms with Crippen LogP contribution in [0.4, 0.5) is 11.4 Å². The first-order valence-electron chi connectivity index (χ1n) is 6.95. The predicted octanol–water partition coefficient (Wildman–Crippen LogP) is 1.28. The lowest BCUT2D eigenvalue weighted by Crippen LogP contribution is -2.37. The summed E-state index contributed by atoms with van der Waals surface area (Å²) in [5.41, 5.74) is 0.109. The van der Waals surface area contributed by atoms with Crippen molar-refractivity contribution in [1.29, 1.82) is 0 Å². The summed E-state index contributed by atoms with van der Waals surface area (Å²) in [6, 6.07) is 8.27. The van der Waals surface area contributed by atoms with Gasteiger partial charge in [-0.25, -0.2) is 0 Å². The number of aryl methyl sites for hydroxylation is 1. The summed E-state index contributed by atoms with van der Waals surface area (Å²) in [6.07, 6.45) is -1.07. The lowest BCUT2D eigenvalue weighted by Gasteiger charge is -2.10. The number of nitrogens with one attached hydrogen (secondary N) is 2. The van der Waals surface area contributed by atoms with E-state index in [1.165, 1.54) is 24.3 Å². The van der Waals surface area contributed by atoms with E-state index in [9.17, 15) is 24.8 Å². The molecule has 0 fully saturated rings. The van der Waals surface area contributed by atoms with Gasteiger partial charge in [0.1, 0.15) is 17.6 Å². The summed E-state index contributed by atoms with van der Waals surface area (Å²) in [7, 11) is 0. The number of nitro benzene ring substituents is 1. The molecule has 1 aromatic heterocycles. The maximum atomic E-state index is 11.7. The molecule has 9 nitrogen and oxygen atoms in total. The maximum absolute atomic E-state index is 11.7. The number of anilines is 1. The molecule has 9 heteroatoms. The van der Waals surface area contributed by atoms with Crippen molar-refractivity contribution in [2.75, 3.05) is 11.9 Å². The van der Waals surface area contributed by atoms with Crippen molar-refractivity contribution in [1.82, 2.24) is 5.32 Å². The van der Waals surface area contributed by atoms with Crippen LogP contribution >= 0.6 is 0 Å². The monoisotopic (exact) mass is 333 g/mol. The van der Waals surface area contributed by atoms with E-state index >= 15 is 0 Å². The Hall–Kier alpha value is -3.20. The molecule has 0 aliphatic carbocycles. The number of non-ortho nitro benzene ring substituents is 1. The minimum absolute atomic E-state index is 0.130. The van der Waals surface area contributed by atoms with Gasteiger partial charge in [0, 0.05) is 17.8 Å². The first-order valence-corrected chi connectivity index (χ1v) is 6.95. The number of nitrogens with zero attached hydrogens (tertiary/aromatic N) is 1. The van der Waals surface area contributed by atoms with Crippen LogP contribution in [0.15, 0.2) is 40.8 Å². The molecule has 0 aliphatic rings. The van der Waals surface area contributed by atoms with Crippen molar-refractivity contribution in [2.45, 2.75) is 13.0 Å². The summed E-state index contributed by atoms with van der Waals surface area (Å²) >= 11 is 0. The Morgan fingerprint density at radius 1 is 1.21 bits per heavy atom. The van der Waals surface area contributed by atoms with Gasteiger partial charge in [0.15, 0.2) is 0 Å². The molecule has 0 bridgehead atoms. The average Bonchev–Trinajstić information content (AvgIpc) is 2.99. The Labute approximate surface area is 136 Å². The minimum Gasteiger partial charge on any atom is -0.464 e. The molecule has 3 N–H and O–H groups in total. The summed E-state index contributed by atoms with van der Waals surface area (Å²) in [5.74, 6) is -1.00. The fourth-order valence-electron chi connectivity index (χ4n) is 1.86. The number of benzene rings is 1. The standard InChI is InChI=1S/C15H15N3O6/c1-9-2-7-13(24-9)12(19)8-16-14(20)15(21)17-10-3-5-11(6-4-10)18(22)23/h2-7,12,19H,8H2,1H3,(H,16,20)(H,17,21). The van der Waals surface area contributed by atoms with Gasteiger partial charge < -0.3 is 20.2 Å². The van der Waals surface area contributed by atoms with Crippen LogP contribution in [0.25, 0.3) is 0 Å². The number of furan rings is 1. The molecular weight excluding hydrogens is 318 g/mol. The predicted molar refractivity (Wildman–Crippen MR) is 83.1 cm³/mol. The SMILES string of the molecule is Cc1ccc(C(O)CNC(=O)C(=O)Nc2ccc([N+](=O)[O-])cc2)o1. The second-order valence-corrected chi connectivity index (χ2v) is 4.93. The van der Waals surface area contributed by atoms with Gasteiger partial charge in [-0.05, 0) is 31.2 Å². The molecule has 126 valence electrons. The van der Waals surface area contributed by atoms with Crippen molar-refractivity contribution in [3.63, 3.8) is 0 Å². The van der Waals surface area contributed by atoms with Crippen molar-refractivity contribution in [3.8, 4) is 0 Å². The zero-order valence-corrected chi connectivity index (χ0v) is 12.7. The van der Waals surface area contributed by atoms with Crippen molar-refractivity contribution in [3.05, 3.63) is 58.0 Å². The third kappa shape index (κ3) is 4.40. The van der Waals surface area contributed by atoms with E-state index in [-0.39, 0.29) is 23.7 Å². The number of carbonyl (C=O) groups is 2. The Bertz CT molecular complexity index is 753. The molecule has 2 rings (SSSR count). The number of hydrogen-bond donors (Lipinski definition) is 3. The van der Waals surface area contributed by atoms with Crippen molar-refractivity contribution < 1.29 is 24.0 Å². The fraction of sp³-hybridized carbons (Fsp3) is 0.200. The number of amides is 2. The Kier molecular flexibility index (Phi) is 5.27. The van der Waals surface area contributed by atoms with Crippen LogP contribution in [0, 0.1) is 17.0 Å². The summed E-state index contributed by atoms with van der Waals surface area (Å²) in [6.45, 7) is 1.52. The highest BCUT2D eigenvalue weighted by molar-refractivity contribution is 6.39. The zero-order chi connectivity index (χ0) is 17.7. The molecule has 0 aliphatic heterocycles. The highest BCUT2D eigenvalue weighted by Gasteiger charge is 2.18. The van der Waals surface area contributed by atoms with Gasteiger partial charge in [0.25, 0.3) is 5.69 Å². The van der Waals surface area contributed by atoms with Crippen LogP contribution in [0.5, 0.6) is 0 Å². The first kappa shape index (κ1) is 17.2. The van der Waals surface area contributed by atoms with Crippen molar-refractivity contribution in [2.24, 2.45) is 0 Å². The third-order valence-electron chi connectivity index (χ3n) is 3.09. The van der Waals surface area contributed by atoms with Gasteiger partial charge in [0.05, 0.1) is 11.5 Å². The van der Waals surface area contributed by atoms with E-state index in [4.69, 9.17) is 4.42 Å². The smallest absolute Gasteiger partial charge is 0.313 e. The number of rotatable bonds is 5. The lowest BCUT2D eigenvalue weighted by molar-refractivity contribution is -0.384. The highest BCUT2D eigenvalue weighted by atomic mass is 16.6. The van der Waals surface area contributed by atoms with Crippen LogP contribution in [0.2, 0.25) is 0 Å². The van der Waals surface area contributed by atoms with E-state index in [0.717, 1.165) is 0 Å². The summed E-state index contributed by atoms with van der Waals surface area (Å²) in [5, 5.41) is 24.9. The second-order valence-electron chi connectivity index (χ2n) is 4.93.